The predicted molar refractivity (Wildman–Crippen MR) is 152 cm³/mol. The van der Waals surface area contributed by atoms with Crippen LogP contribution in [-0.2, 0) is 14.3 Å². The normalized spacial score (nSPS) is 19.1. The van der Waals surface area contributed by atoms with Crippen LogP contribution >= 0.6 is 0 Å². The van der Waals surface area contributed by atoms with Crippen LogP contribution in [0.2, 0.25) is 0 Å². The number of aliphatic hydroxyl groups is 1. The quantitative estimate of drug-likeness (QED) is 0.233. The van der Waals surface area contributed by atoms with E-state index >= 15 is 0 Å². The summed E-state index contributed by atoms with van der Waals surface area (Å²) in [6.07, 6.45) is 0.686. The molecule has 0 unspecified atom stereocenters. The minimum atomic E-state index is -0.758. The number of hydrogen-bond acceptors (Lipinski definition) is 7. The summed E-state index contributed by atoms with van der Waals surface area (Å²) < 4.78 is 16.8. The fraction of sp³-hybridized carbons (Fsp3) is 0.312. The highest BCUT2D eigenvalue weighted by Gasteiger charge is 2.46. The van der Waals surface area contributed by atoms with Gasteiger partial charge in [0, 0.05) is 31.7 Å². The molecule has 0 radical (unpaired) electrons. The number of aryl methyl sites for hydroxylation is 1. The van der Waals surface area contributed by atoms with Crippen molar-refractivity contribution in [3.05, 3.63) is 95.1 Å². The highest BCUT2D eigenvalue weighted by Crippen LogP contribution is 2.41. The van der Waals surface area contributed by atoms with E-state index in [2.05, 4.69) is 4.90 Å². The Morgan fingerprint density at radius 1 is 0.950 bits per heavy atom. The van der Waals surface area contributed by atoms with Crippen LogP contribution in [0.25, 0.3) is 5.76 Å². The number of likely N-dealkylation sites (tertiary alicyclic amines) is 1. The van der Waals surface area contributed by atoms with Crippen molar-refractivity contribution >= 4 is 17.4 Å². The fourth-order valence-corrected chi connectivity index (χ4v) is 5.30. The zero-order valence-corrected chi connectivity index (χ0v) is 22.8. The van der Waals surface area contributed by atoms with E-state index in [1.54, 1.807) is 30.2 Å². The van der Waals surface area contributed by atoms with Crippen molar-refractivity contribution in [1.82, 2.24) is 9.80 Å². The number of ketones is 1. The number of ether oxygens (including phenoxy) is 3. The van der Waals surface area contributed by atoms with Gasteiger partial charge in [0.15, 0.2) is 0 Å². The van der Waals surface area contributed by atoms with E-state index in [9.17, 15) is 14.7 Å². The number of methoxy groups -OCH3 is 1. The summed E-state index contributed by atoms with van der Waals surface area (Å²) in [5.74, 6) is 0.391. The van der Waals surface area contributed by atoms with Crippen LogP contribution in [0.3, 0.4) is 0 Å². The molecule has 1 atom stereocenters. The highest BCUT2D eigenvalue weighted by molar-refractivity contribution is 6.46. The molecule has 2 fully saturated rings. The maximum absolute atomic E-state index is 13.5. The van der Waals surface area contributed by atoms with Crippen molar-refractivity contribution in [1.29, 1.82) is 0 Å². The van der Waals surface area contributed by atoms with Gasteiger partial charge in [-0.3, -0.25) is 14.5 Å². The van der Waals surface area contributed by atoms with Gasteiger partial charge in [-0.25, -0.2) is 0 Å². The molecule has 0 aliphatic carbocycles. The summed E-state index contributed by atoms with van der Waals surface area (Å²) >= 11 is 0. The number of carbonyl (C=O) groups excluding carboxylic acids is 2. The first-order chi connectivity index (χ1) is 19.5. The highest BCUT2D eigenvalue weighted by atomic mass is 16.5. The van der Waals surface area contributed by atoms with Crippen molar-refractivity contribution in [2.24, 2.45) is 0 Å². The number of para-hydroxylation sites is 1. The zero-order valence-electron chi connectivity index (χ0n) is 22.8. The Hall–Kier alpha value is -4.14. The Labute approximate surface area is 234 Å². The zero-order chi connectivity index (χ0) is 28.1. The molecule has 2 aliphatic rings. The molecule has 3 aromatic carbocycles. The molecule has 1 amide bonds. The first-order valence-electron chi connectivity index (χ1n) is 13.5. The van der Waals surface area contributed by atoms with E-state index in [1.165, 1.54) is 0 Å². The molecule has 0 bridgehead atoms. The van der Waals surface area contributed by atoms with Crippen molar-refractivity contribution in [3.63, 3.8) is 0 Å². The molecule has 2 saturated heterocycles. The van der Waals surface area contributed by atoms with Gasteiger partial charge in [0.2, 0.25) is 0 Å². The third-order valence-electron chi connectivity index (χ3n) is 7.34. The molecular weight excluding hydrogens is 508 g/mol. The van der Waals surface area contributed by atoms with Crippen LogP contribution in [0.4, 0.5) is 0 Å². The predicted octanol–water partition coefficient (Wildman–Crippen LogP) is 4.94. The molecule has 0 saturated carbocycles. The molecule has 0 spiro atoms. The van der Waals surface area contributed by atoms with E-state index < -0.39 is 17.7 Å². The van der Waals surface area contributed by atoms with Crippen LogP contribution < -0.4 is 9.47 Å². The minimum absolute atomic E-state index is 0.0674. The van der Waals surface area contributed by atoms with Gasteiger partial charge in [-0.2, -0.15) is 0 Å². The monoisotopic (exact) mass is 542 g/mol. The van der Waals surface area contributed by atoms with Gasteiger partial charge in [0.1, 0.15) is 23.0 Å². The van der Waals surface area contributed by atoms with Gasteiger partial charge in [0.25, 0.3) is 11.7 Å². The van der Waals surface area contributed by atoms with Crippen molar-refractivity contribution in [3.8, 4) is 17.2 Å². The summed E-state index contributed by atoms with van der Waals surface area (Å²) in [7, 11) is 1.58. The standard InChI is InChI=1S/C32H34N2O6/c1-22-20-24(12-13-27(22)38-2)30(35)28-29(23-8-6-11-26(21-23)40-25-9-4-3-5-10-25)34(32(37)31(28)36)15-7-14-33-16-18-39-19-17-33/h3-6,8-13,20-21,29,35H,7,14-19H2,1-2H3/t29-/m0/s1. The van der Waals surface area contributed by atoms with E-state index in [-0.39, 0.29) is 11.3 Å². The lowest BCUT2D eigenvalue weighted by Gasteiger charge is -2.29. The molecule has 208 valence electrons. The Morgan fingerprint density at radius 3 is 2.42 bits per heavy atom. The average molecular weight is 543 g/mol. The molecule has 3 aromatic rings. The van der Waals surface area contributed by atoms with Crippen molar-refractivity contribution < 1.29 is 28.9 Å². The maximum atomic E-state index is 13.5. The number of hydrogen-bond donors (Lipinski definition) is 1. The molecule has 2 aliphatic heterocycles. The second-order valence-corrected chi connectivity index (χ2v) is 9.97. The number of amides is 1. The third-order valence-corrected chi connectivity index (χ3v) is 7.34. The number of nitrogens with zero attached hydrogens (tertiary/aromatic N) is 2. The minimum Gasteiger partial charge on any atom is -0.507 e. The maximum Gasteiger partial charge on any atom is 0.295 e. The Kier molecular flexibility index (Phi) is 8.48. The molecule has 0 aromatic heterocycles. The first kappa shape index (κ1) is 27.4. The fourth-order valence-electron chi connectivity index (χ4n) is 5.30. The third kappa shape index (κ3) is 5.88. The second kappa shape index (κ2) is 12.4. The Balaban J connectivity index is 1.51. The number of rotatable bonds is 9. The molecular formula is C32H34N2O6. The number of carbonyl (C=O) groups is 2. The van der Waals surface area contributed by atoms with Crippen LogP contribution in [0.1, 0.15) is 29.2 Å². The van der Waals surface area contributed by atoms with E-state index in [0.29, 0.717) is 54.6 Å². The van der Waals surface area contributed by atoms with E-state index in [0.717, 1.165) is 25.2 Å². The largest absolute Gasteiger partial charge is 0.507 e. The van der Waals surface area contributed by atoms with Gasteiger partial charge in [0.05, 0.1) is 31.9 Å². The SMILES string of the molecule is COc1ccc(C(O)=C2C(=O)C(=O)N(CCCN3CCOCC3)[C@H]2c2cccc(Oc3ccccc3)c2)cc1C. The first-order valence-corrected chi connectivity index (χ1v) is 13.5. The average Bonchev–Trinajstić information content (AvgIpc) is 3.23. The summed E-state index contributed by atoms with van der Waals surface area (Å²) in [6, 6.07) is 21.2. The van der Waals surface area contributed by atoms with Crippen molar-refractivity contribution in [2.45, 2.75) is 19.4 Å². The van der Waals surface area contributed by atoms with Gasteiger partial charge in [-0.05, 0) is 66.9 Å². The summed E-state index contributed by atoms with van der Waals surface area (Å²) in [6.45, 7) is 6.10. The lowest BCUT2D eigenvalue weighted by Crippen LogP contribution is -2.38. The second-order valence-electron chi connectivity index (χ2n) is 9.97. The number of benzene rings is 3. The Bertz CT molecular complexity index is 1400. The molecule has 40 heavy (non-hydrogen) atoms. The molecule has 2 heterocycles. The van der Waals surface area contributed by atoms with Crippen LogP contribution in [-0.4, -0.2) is 73.1 Å². The van der Waals surface area contributed by atoms with Gasteiger partial charge in [-0.15, -0.1) is 0 Å². The summed E-state index contributed by atoms with van der Waals surface area (Å²) in [5.41, 5.74) is 2.01. The van der Waals surface area contributed by atoms with Gasteiger partial charge in [-0.1, -0.05) is 30.3 Å². The van der Waals surface area contributed by atoms with E-state index in [4.69, 9.17) is 14.2 Å². The number of aliphatic hydroxyl groups excluding tert-OH is 1. The molecule has 8 heteroatoms. The number of Topliss-reactive ketones (excluding diaryl/α,β-unsaturated/α-hetero) is 1. The molecule has 1 N–H and O–H groups in total. The van der Waals surface area contributed by atoms with Crippen LogP contribution in [0, 0.1) is 6.92 Å². The van der Waals surface area contributed by atoms with Gasteiger partial charge >= 0.3 is 0 Å². The lowest BCUT2D eigenvalue weighted by atomic mass is 9.94. The lowest BCUT2D eigenvalue weighted by molar-refractivity contribution is -0.140. The van der Waals surface area contributed by atoms with Crippen LogP contribution in [0.5, 0.6) is 17.2 Å². The van der Waals surface area contributed by atoms with Crippen molar-refractivity contribution in [2.75, 3.05) is 46.5 Å². The Morgan fingerprint density at radius 2 is 1.70 bits per heavy atom. The summed E-state index contributed by atoms with van der Waals surface area (Å²) in [4.78, 5) is 30.7. The topological polar surface area (TPSA) is 88.5 Å². The van der Waals surface area contributed by atoms with E-state index in [1.807, 2.05) is 61.5 Å². The number of morpholine rings is 1. The van der Waals surface area contributed by atoms with Crippen LogP contribution in [0.15, 0.2) is 78.4 Å². The summed E-state index contributed by atoms with van der Waals surface area (Å²) in [5, 5.41) is 11.5. The smallest absolute Gasteiger partial charge is 0.295 e. The molecule has 8 nitrogen and oxygen atoms in total. The van der Waals surface area contributed by atoms with Gasteiger partial charge < -0.3 is 24.2 Å². The molecule has 5 rings (SSSR count).